The maximum absolute atomic E-state index is 4.27. The number of rotatable bonds is 3. The van der Waals surface area contributed by atoms with Crippen molar-refractivity contribution in [2.24, 2.45) is 0 Å². The first-order valence-corrected chi connectivity index (χ1v) is 10.1. The van der Waals surface area contributed by atoms with Crippen molar-refractivity contribution in [1.82, 2.24) is 10.2 Å². The highest BCUT2D eigenvalue weighted by molar-refractivity contribution is 7.98. The number of nitrogens with zero attached hydrogens (tertiary/aromatic N) is 1. The van der Waals surface area contributed by atoms with Gasteiger partial charge in [0, 0.05) is 21.3 Å². The van der Waals surface area contributed by atoms with Gasteiger partial charge in [-0.25, -0.2) is 0 Å². The number of hydrogen-bond acceptors (Lipinski definition) is 3. The largest absolute Gasteiger partial charge is 0.278 e. The molecular weight excluding hydrogens is 320 g/mol. The molecule has 0 spiro atoms. The highest BCUT2D eigenvalue weighted by atomic mass is 32.2. The molecule has 23 heavy (non-hydrogen) atoms. The molecule has 1 aliphatic rings. The van der Waals surface area contributed by atoms with E-state index in [1.165, 1.54) is 37.7 Å². The van der Waals surface area contributed by atoms with Gasteiger partial charge in [-0.2, -0.15) is 5.10 Å². The zero-order valence-electron chi connectivity index (χ0n) is 13.2. The van der Waals surface area contributed by atoms with Gasteiger partial charge < -0.3 is 0 Å². The summed E-state index contributed by atoms with van der Waals surface area (Å²) in [5.41, 5.74) is 6.58. The van der Waals surface area contributed by atoms with Crippen molar-refractivity contribution in [1.29, 1.82) is 0 Å². The predicted octanol–water partition coefficient (Wildman–Crippen LogP) is 5.21. The van der Waals surface area contributed by atoms with Crippen LogP contribution in [0.25, 0.3) is 11.3 Å². The zero-order valence-corrected chi connectivity index (χ0v) is 14.8. The smallest absolute Gasteiger partial charge is 0.0685 e. The van der Waals surface area contributed by atoms with Crippen molar-refractivity contribution in [2.75, 3.05) is 12.5 Å². The van der Waals surface area contributed by atoms with E-state index in [9.17, 15) is 0 Å². The fourth-order valence-corrected chi connectivity index (χ4v) is 4.20. The number of thioether (sulfide) groups is 2. The molecular formula is C19H18N2S2. The van der Waals surface area contributed by atoms with Gasteiger partial charge >= 0.3 is 0 Å². The maximum atomic E-state index is 4.27. The van der Waals surface area contributed by atoms with Gasteiger partial charge in [0.15, 0.2) is 0 Å². The van der Waals surface area contributed by atoms with Crippen molar-refractivity contribution >= 4 is 23.5 Å². The van der Waals surface area contributed by atoms with Crippen LogP contribution in [-0.4, -0.2) is 22.7 Å². The lowest BCUT2D eigenvalue weighted by atomic mass is 9.78. The van der Waals surface area contributed by atoms with Crippen molar-refractivity contribution < 1.29 is 0 Å². The molecule has 0 saturated carbocycles. The molecule has 2 aromatic carbocycles. The van der Waals surface area contributed by atoms with Crippen molar-refractivity contribution in [3.05, 3.63) is 65.4 Å². The second-order valence-corrected chi connectivity index (χ2v) is 7.51. The first-order valence-electron chi connectivity index (χ1n) is 7.64. The molecule has 2 nitrogen and oxygen atoms in total. The Hall–Kier alpha value is -1.65. The number of fused-ring (bicyclic) bond motifs is 3. The minimum absolute atomic E-state index is 0.401. The van der Waals surface area contributed by atoms with Crippen LogP contribution in [0.3, 0.4) is 0 Å². The molecule has 3 aromatic rings. The Labute approximate surface area is 145 Å². The third kappa shape index (κ3) is 2.60. The minimum atomic E-state index is 0.401. The molecule has 116 valence electrons. The fraction of sp³-hybridized carbons (Fsp3) is 0.211. The van der Waals surface area contributed by atoms with E-state index >= 15 is 0 Å². The quantitative estimate of drug-likeness (QED) is 0.665. The van der Waals surface area contributed by atoms with Crippen LogP contribution in [-0.2, 0) is 6.42 Å². The molecule has 1 aliphatic carbocycles. The standard InChI is InChI=1S/C19H18N2S2/c1-22-14-5-3-12(4-6-14)17-9-13-11-20-21-19(13)16-8-7-15(23-2)10-18(16)17/h3-8,10-11,17H,9H2,1-2H3,(H,20,21). The molecule has 1 unspecified atom stereocenters. The van der Waals surface area contributed by atoms with E-state index in [4.69, 9.17) is 0 Å². The molecule has 1 atom stereocenters. The summed E-state index contributed by atoms with van der Waals surface area (Å²) in [6.07, 6.45) is 7.24. The summed E-state index contributed by atoms with van der Waals surface area (Å²) in [6, 6.07) is 15.8. The topological polar surface area (TPSA) is 28.7 Å². The van der Waals surface area contributed by atoms with Gasteiger partial charge in [0.25, 0.3) is 0 Å². The zero-order chi connectivity index (χ0) is 15.8. The molecule has 0 aliphatic heterocycles. The van der Waals surface area contributed by atoms with Crippen LogP contribution in [0.5, 0.6) is 0 Å². The van der Waals surface area contributed by atoms with Gasteiger partial charge in [0.2, 0.25) is 0 Å². The molecule has 0 amide bonds. The SMILES string of the molecule is CSc1ccc(C2Cc3cn[nH]c3-c3ccc(SC)cc32)cc1. The van der Waals surface area contributed by atoms with Crippen molar-refractivity contribution in [3.8, 4) is 11.3 Å². The minimum Gasteiger partial charge on any atom is -0.278 e. The van der Waals surface area contributed by atoms with E-state index < -0.39 is 0 Å². The average molecular weight is 339 g/mol. The first kappa shape index (κ1) is 14.9. The maximum Gasteiger partial charge on any atom is 0.0685 e. The molecule has 1 aromatic heterocycles. The molecule has 1 N–H and O–H groups in total. The Balaban J connectivity index is 1.85. The molecule has 4 rings (SSSR count). The van der Waals surface area contributed by atoms with Crippen LogP contribution in [0.4, 0.5) is 0 Å². The normalized spacial score (nSPS) is 16.0. The van der Waals surface area contributed by atoms with Gasteiger partial charge in [-0.05, 0) is 59.9 Å². The molecule has 0 fully saturated rings. The Bertz CT molecular complexity index is 837. The number of nitrogens with one attached hydrogen (secondary N) is 1. The predicted molar refractivity (Wildman–Crippen MR) is 99.6 cm³/mol. The van der Waals surface area contributed by atoms with Crippen LogP contribution < -0.4 is 0 Å². The Kier molecular flexibility index (Phi) is 3.95. The second-order valence-electron chi connectivity index (χ2n) is 5.75. The molecule has 0 radical (unpaired) electrons. The van der Waals surface area contributed by atoms with Gasteiger partial charge in [0.05, 0.1) is 11.9 Å². The van der Waals surface area contributed by atoms with Crippen molar-refractivity contribution in [3.63, 3.8) is 0 Å². The summed E-state index contributed by atoms with van der Waals surface area (Å²) in [7, 11) is 0. The summed E-state index contributed by atoms with van der Waals surface area (Å²) in [5.74, 6) is 0.401. The lowest BCUT2D eigenvalue weighted by molar-refractivity contribution is 0.790. The number of benzene rings is 2. The van der Waals surface area contributed by atoms with Crippen LogP contribution in [0, 0.1) is 0 Å². The number of hydrogen-bond donors (Lipinski definition) is 1. The number of aromatic nitrogens is 2. The van der Waals surface area contributed by atoms with E-state index in [0.717, 1.165) is 6.42 Å². The first-order chi connectivity index (χ1) is 11.3. The molecule has 4 heteroatoms. The summed E-state index contributed by atoms with van der Waals surface area (Å²) < 4.78 is 0. The summed E-state index contributed by atoms with van der Waals surface area (Å²) in [5, 5.41) is 7.45. The highest BCUT2D eigenvalue weighted by Crippen LogP contribution is 2.43. The Morgan fingerprint density at radius 2 is 1.74 bits per heavy atom. The van der Waals surface area contributed by atoms with E-state index in [2.05, 4.69) is 65.2 Å². The van der Waals surface area contributed by atoms with Gasteiger partial charge in [-0.1, -0.05) is 18.2 Å². The number of H-pyrrole nitrogens is 1. The summed E-state index contributed by atoms with van der Waals surface area (Å²) >= 11 is 3.59. The fourth-order valence-electron chi connectivity index (χ4n) is 3.35. The van der Waals surface area contributed by atoms with E-state index in [1.54, 1.807) is 23.5 Å². The lowest BCUT2D eigenvalue weighted by Crippen LogP contribution is -2.12. The van der Waals surface area contributed by atoms with E-state index in [1.807, 2.05) is 6.20 Å². The highest BCUT2D eigenvalue weighted by Gasteiger charge is 2.27. The molecule has 0 saturated heterocycles. The summed E-state index contributed by atoms with van der Waals surface area (Å²) in [4.78, 5) is 2.63. The van der Waals surface area contributed by atoms with Gasteiger partial charge in [-0.3, -0.25) is 5.10 Å². The Morgan fingerprint density at radius 3 is 2.48 bits per heavy atom. The van der Waals surface area contributed by atoms with Gasteiger partial charge in [-0.15, -0.1) is 23.5 Å². The van der Waals surface area contributed by atoms with Crippen LogP contribution in [0.1, 0.15) is 22.6 Å². The van der Waals surface area contributed by atoms with Crippen molar-refractivity contribution in [2.45, 2.75) is 22.1 Å². The molecule has 0 bridgehead atoms. The van der Waals surface area contributed by atoms with E-state index in [0.29, 0.717) is 5.92 Å². The second kappa shape index (κ2) is 6.10. The third-order valence-corrected chi connectivity index (χ3v) is 6.03. The number of aromatic amines is 1. The monoisotopic (exact) mass is 338 g/mol. The Morgan fingerprint density at radius 1 is 1.00 bits per heavy atom. The summed E-state index contributed by atoms with van der Waals surface area (Å²) in [6.45, 7) is 0. The van der Waals surface area contributed by atoms with Gasteiger partial charge in [0.1, 0.15) is 0 Å². The average Bonchev–Trinajstić information content (AvgIpc) is 3.09. The van der Waals surface area contributed by atoms with Crippen LogP contribution in [0.2, 0.25) is 0 Å². The van der Waals surface area contributed by atoms with Crippen LogP contribution in [0.15, 0.2) is 58.5 Å². The lowest BCUT2D eigenvalue weighted by Gasteiger charge is -2.26. The van der Waals surface area contributed by atoms with Crippen LogP contribution >= 0.6 is 23.5 Å². The molecule has 1 heterocycles. The third-order valence-electron chi connectivity index (χ3n) is 4.56. The van der Waals surface area contributed by atoms with E-state index in [-0.39, 0.29) is 0 Å².